The Morgan fingerprint density at radius 2 is 2.00 bits per heavy atom. The molecular weight excluding hydrogens is 322 g/mol. The van der Waals surface area contributed by atoms with Crippen LogP contribution in [0.25, 0.3) is 0 Å². The van der Waals surface area contributed by atoms with Crippen molar-refractivity contribution >= 4 is 21.8 Å². The zero-order chi connectivity index (χ0) is 13.9. The predicted octanol–water partition coefficient (Wildman–Crippen LogP) is 3.26. The van der Waals surface area contributed by atoms with Gasteiger partial charge in [-0.15, -0.1) is 0 Å². The van der Waals surface area contributed by atoms with E-state index in [0.29, 0.717) is 30.2 Å². The fourth-order valence-electron chi connectivity index (χ4n) is 2.37. The van der Waals surface area contributed by atoms with Gasteiger partial charge in [-0.1, -0.05) is 30.3 Å². The van der Waals surface area contributed by atoms with E-state index in [1.807, 2.05) is 35.2 Å². The third-order valence-corrected chi connectivity index (χ3v) is 3.78. The molecule has 1 fully saturated rings. The molecule has 1 aliphatic rings. The number of nitrogens with zero attached hydrogens (tertiary/aromatic N) is 1. The fraction of sp³-hybridized carbons (Fsp3) is 0.267. The normalized spacial score (nSPS) is 19.1. The molecule has 0 aliphatic carbocycles. The third kappa shape index (κ3) is 2.64. The summed E-state index contributed by atoms with van der Waals surface area (Å²) < 4.78 is 11.5. The van der Waals surface area contributed by atoms with Crippen LogP contribution in [0.1, 0.15) is 22.2 Å². The molecule has 0 spiro atoms. The number of hydrogen-bond acceptors (Lipinski definition) is 3. The third-order valence-electron chi connectivity index (χ3n) is 3.36. The summed E-state index contributed by atoms with van der Waals surface area (Å²) in [5.41, 5.74) is 1.08. The number of rotatable bonds is 2. The maximum atomic E-state index is 12.6. The highest BCUT2D eigenvalue weighted by Gasteiger charge is 2.30. The van der Waals surface area contributed by atoms with Gasteiger partial charge >= 0.3 is 0 Å². The summed E-state index contributed by atoms with van der Waals surface area (Å²) >= 11 is 3.22. The van der Waals surface area contributed by atoms with Gasteiger partial charge in [0.2, 0.25) is 0 Å². The van der Waals surface area contributed by atoms with Crippen LogP contribution in [0.4, 0.5) is 0 Å². The second-order valence-electron chi connectivity index (χ2n) is 4.60. The van der Waals surface area contributed by atoms with Gasteiger partial charge in [-0.05, 0) is 33.6 Å². The molecule has 1 aromatic carbocycles. The molecule has 1 amide bonds. The molecule has 2 aromatic rings. The van der Waals surface area contributed by atoms with Gasteiger partial charge in [-0.2, -0.15) is 0 Å². The van der Waals surface area contributed by atoms with Gasteiger partial charge in [0.05, 0.1) is 19.3 Å². The fourth-order valence-corrected chi connectivity index (χ4v) is 2.68. The minimum atomic E-state index is -0.104. The highest BCUT2D eigenvalue weighted by molar-refractivity contribution is 9.10. The van der Waals surface area contributed by atoms with E-state index in [0.717, 1.165) is 5.56 Å². The average Bonchev–Trinajstić information content (AvgIpc) is 2.94. The van der Waals surface area contributed by atoms with Crippen LogP contribution in [-0.2, 0) is 4.74 Å². The number of hydrogen-bond donors (Lipinski definition) is 0. The van der Waals surface area contributed by atoms with Crippen LogP contribution in [0.2, 0.25) is 0 Å². The summed E-state index contributed by atoms with van der Waals surface area (Å²) in [5, 5.41) is 0. The standard InChI is InChI=1S/C15H14BrNO3/c16-14-7-6-13(20-14)15(18)17-8-9-19-10-12(17)11-4-2-1-3-5-11/h1-7,12H,8-10H2. The lowest BCUT2D eigenvalue weighted by molar-refractivity contribution is -0.00431. The molecule has 0 N–H and O–H groups in total. The van der Waals surface area contributed by atoms with Crippen molar-refractivity contribution in [3.05, 3.63) is 58.5 Å². The van der Waals surface area contributed by atoms with Crippen molar-refractivity contribution in [2.45, 2.75) is 6.04 Å². The molecule has 3 rings (SSSR count). The van der Waals surface area contributed by atoms with E-state index in [2.05, 4.69) is 15.9 Å². The number of carbonyl (C=O) groups excluding carboxylic acids is 1. The number of carbonyl (C=O) groups is 1. The van der Waals surface area contributed by atoms with Crippen molar-refractivity contribution in [2.75, 3.05) is 19.8 Å². The summed E-state index contributed by atoms with van der Waals surface area (Å²) in [6.07, 6.45) is 0. The zero-order valence-electron chi connectivity index (χ0n) is 10.8. The monoisotopic (exact) mass is 335 g/mol. The number of morpholine rings is 1. The Morgan fingerprint density at radius 3 is 2.70 bits per heavy atom. The molecule has 1 atom stereocenters. The number of amides is 1. The highest BCUT2D eigenvalue weighted by Crippen LogP contribution is 2.26. The van der Waals surface area contributed by atoms with Crippen molar-refractivity contribution < 1.29 is 13.9 Å². The van der Waals surface area contributed by atoms with Crippen molar-refractivity contribution in [1.82, 2.24) is 4.90 Å². The molecule has 2 heterocycles. The van der Waals surface area contributed by atoms with Crippen LogP contribution in [-0.4, -0.2) is 30.6 Å². The molecule has 5 heteroatoms. The first-order valence-electron chi connectivity index (χ1n) is 6.45. The minimum Gasteiger partial charge on any atom is -0.444 e. The first-order valence-corrected chi connectivity index (χ1v) is 7.24. The number of furan rings is 1. The SMILES string of the molecule is O=C(c1ccc(Br)o1)N1CCOCC1c1ccccc1. The molecule has 104 valence electrons. The summed E-state index contributed by atoms with van der Waals surface area (Å²) in [6.45, 7) is 1.63. The Balaban J connectivity index is 1.87. The molecule has 0 bridgehead atoms. The smallest absolute Gasteiger partial charge is 0.290 e. The molecule has 4 nitrogen and oxygen atoms in total. The molecule has 0 saturated carbocycles. The maximum Gasteiger partial charge on any atom is 0.290 e. The van der Waals surface area contributed by atoms with Crippen molar-refractivity contribution in [3.63, 3.8) is 0 Å². The van der Waals surface area contributed by atoms with Gasteiger partial charge in [0.25, 0.3) is 5.91 Å². The van der Waals surface area contributed by atoms with E-state index in [1.165, 1.54) is 0 Å². The molecule has 1 aliphatic heterocycles. The molecule has 1 unspecified atom stereocenters. The number of ether oxygens (including phenoxy) is 1. The van der Waals surface area contributed by atoms with Crippen LogP contribution in [0.3, 0.4) is 0 Å². The van der Waals surface area contributed by atoms with Crippen molar-refractivity contribution in [1.29, 1.82) is 0 Å². The van der Waals surface area contributed by atoms with Crippen LogP contribution in [0.15, 0.2) is 51.6 Å². The van der Waals surface area contributed by atoms with E-state index in [4.69, 9.17) is 9.15 Å². The molecule has 1 aromatic heterocycles. The lowest BCUT2D eigenvalue weighted by atomic mass is 10.0. The van der Waals surface area contributed by atoms with Crippen LogP contribution in [0, 0.1) is 0 Å². The Hall–Kier alpha value is -1.59. The minimum absolute atomic E-state index is 0.0682. The summed E-state index contributed by atoms with van der Waals surface area (Å²) in [6, 6.07) is 13.3. The van der Waals surface area contributed by atoms with Crippen LogP contribution >= 0.6 is 15.9 Å². The number of halogens is 1. The first-order chi connectivity index (χ1) is 9.75. The number of benzene rings is 1. The predicted molar refractivity (Wildman–Crippen MR) is 77.4 cm³/mol. The summed E-state index contributed by atoms with van der Waals surface area (Å²) in [4.78, 5) is 14.4. The Morgan fingerprint density at radius 1 is 1.20 bits per heavy atom. The lowest BCUT2D eigenvalue weighted by Gasteiger charge is -2.35. The molecule has 0 radical (unpaired) electrons. The molecular formula is C15H14BrNO3. The van der Waals surface area contributed by atoms with E-state index in [9.17, 15) is 4.79 Å². The molecule has 1 saturated heterocycles. The summed E-state index contributed by atoms with van der Waals surface area (Å²) in [5.74, 6) is 0.243. The maximum absolute atomic E-state index is 12.6. The van der Waals surface area contributed by atoms with E-state index < -0.39 is 0 Å². The Bertz CT molecular complexity index is 596. The quantitative estimate of drug-likeness (QED) is 0.845. The van der Waals surface area contributed by atoms with Gasteiger partial charge in [-0.25, -0.2) is 0 Å². The lowest BCUT2D eigenvalue weighted by Crippen LogP contribution is -2.43. The van der Waals surface area contributed by atoms with E-state index in [-0.39, 0.29) is 11.9 Å². The van der Waals surface area contributed by atoms with Gasteiger partial charge in [0, 0.05) is 6.54 Å². The van der Waals surface area contributed by atoms with Crippen molar-refractivity contribution in [2.24, 2.45) is 0 Å². The van der Waals surface area contributed by atoms with Crippen LogP contribution < -0.4 is 0 Å². The highest BCUT2D eigenvalue weighted by atomic mass is 79.9. The second kappa shape index (κ2) is 5.81. The van der Waals surface area contributed by atoms with E-state index >= 15 is 0 Å². The van der Waals surface area contributed by atoms with Gasteiger partial charge < -0.3 is 14.1 Å². The summed E-state index contributed by atoms with van der Waals surface area (Å²) in [7, 11) is 0. The largest absolute Gasteiger partial charge is 0.444 e. The average molecular weight is 336 g/mol. The van der Waals surface area contributed by atoms with Crippen LogP contribution in [0.5, 0.6) is 0 Å². The second-order valence-corrected chi connectivity index (χ2v) is 5.39. The first kappa shape index (κ1) is 13.4. The Labute approximate surface area is 125 Å². The van der Waals surface area contributed by atoms with Gasteiger partial charge in [0.1, 0.15) is 0 Å². The van der Waals surface area contributed by atoms with Gasteiger partial charge in [0.15, 0.2) is 10.4 Å². The topological polar surface area (TPSA) is 42.7 Å². The van der Waals surface area contributed by atoms with Gasteiger partial charge in [-0.3, -0.25) is 4.79 Å². The van der Waals surface area contributed by atoms with Crippen molar-refractivity contribution in [3.8, 4) is 0 Å². The van der Waals surface area contributed by atoms with E-state index in [1.54, 1.807) is 12.1 Å². The molecule has 20 heavy (non-hydrogen) atoms. The zero-order valence-corrected chi connectivity index (χ0v) is 12.4. The Kier molecular flexibility index (Phi) is 3.89.